The second-order valence-corrected chi connectivity index (χ2v) is 4.48. The van der Waals surface area contributed by atoms with Crippen LogP contribution in [0.15, 0.2) is 23.8 Å². The first-order valence-corrected chi connectivity index (χ1v) is 5.52. The third-order valence-corrected chi connectivity index (χ3v) is 3.47. The van der Waals surface area contributed by atoms with Gasteiger partial charge in [-0.3, -0.25) is 0 Å². The highest BCUT2D eigenvalue weighted by Crippen LogP contribution is 2.29. The molecule has 13 heavy (non-hydrogen) atoms. The Labute approximate surface area is 82.7 Å². The predicted molar refractivity (Wildman–Crippen MR) is 59.6 cm³/mol. The van der Waals surface area contributed by atoms with E-state index < -0.39 is 0 Å². The highest BCUT2D eigenvalue weighted by molar-refractivity contribution is 5.26. The van der Waals surface area contributed by atoms with Gasteiger partial charge in [-0.2, -0.15) is 0 Å². The van der Waals surface area contributed by atoms with Crippen LogP contribution in [0.1, 0.15) is 40.5 Å². The van der Waals surface area contributed by atoms with Crippen LogP contribution < -0.4 is 0 Å². The van der Waals surface area contributed by atoms with Crippen LogP contribution >= 0.6 is 0 Å². The van der Waals surface area contributed by atoms with E-state index in [4.69, 9.17) is 0 Å². The third kappa shape index (κ3) is 2.72. The fourth-order valence-electron chi connectivity index (χ4n) is 1.85. The SMILES string of the molecule is CCC(C)C(C)CC1=CC=CC1C. The molecule has 0 N–H and O–H groups in total. The minimum atomic E-state index is 0.687. The van der Waals surface area contributed by atoms with Gasteiger partial charge in [0.25, 0.3) is 0 Å². The van der Waals surface area contributed by atoms with Crippen molar-refractivity contribution in [3.8, 4) is 0 Å². The van der Waals surface area contributed by atoms with Gasteiger partial charge in [-0.1, -0.05) is 57.9 Å². The van der Waals surface area contributed by atoms with Crippen molar-refractivity contribution >= 4 is 0 Å². The quantitative estimate of drug-likeness (QED) is 0.605. The Morgan fingerprint density at radius 1 is 1.31 bits per heavy atom. The van der Waals surface area contributed by atoms with E-state index in [9.17, 15) is 0 Å². The average molecular weight is 178 g/mol. The van der Waals surface area contributed by atoms with E-state index in [0.717, 1.165) is 11.8 Å². The molecule has 0 amide bonds. The van der Waals surface area contributed by atoms with Gasteiger partial charge in [0.15, 0.2) is 0 Å². The molecule has 1 rings (SSSR count). The predicted octanol–water partition coefficient (Wildman–Crippen LogP) is 4.19. The van der Waals surface area contributed by atoms with Crippen LogP contribution in [0, 0.1) is 17.8 Å². The number of hydrogen-bond acceptors (Lipinski definition) is 0. The lowest BCUT2D eigenvalue weighted by atomic mass is 9.85. The van der Waals surface area contributed by atoms with Crippen molar-refractivity contribution in [2.75, 3.05) is 0 Å². The van der Waals surface area contributed by atoms with E-state index in [2.05, 4.69) is 45.9 Å². The highest BCUT2D eigenvalue weighted by atomic mass is 14.2. The summed E-state index contributed by atoms with van der Waals surface area (Å²) in [5.74, 6) is 2.37. The Morgan fingerprint density at radius 2 is 2.00 bits per heavy atom. The first-order chi connectivity index (χ1) is 6.15. The molecule has 3 atom stereocenters. The average Bonchev–Trinajstić information content (AvgIpc) is 2.50. The van der Waals surface area contributed by atoms with Crippen LogP contribution in [0.4, 0.5) is 0 Å². The molecule has 0 nitrogen and oxygen atoms in total. The van der Waals surface area contributed by atoms with E-state index in [-0.39, 0.29) is 0 Å². The fraction of sp³-hybridized carbons (Fsp3) is 0.692. The van der Waals surface area contributed by atoms with E-state index in [1.165, 1.54) is 12.8 Å². The Hall–Kier alpha value is -0.520. The molecule has 0 fully saturated rings. The van der Waals surface area contributed by atoms with Crippen molar-refractivity contribution in [1.82, 2.24) is 0 Å². The molecule has 0 radical (unpaired) electrons. The van der Waals surface area contributed by atoms with Gasteiger partial charge >= 0.3 is 0 Å². The van der Waals surface area contributed by atoms with Crippen molar-refractivity contribution in [2.45, 2.75) is 40.5 Å². The van der Waals surface area contributed by atoms with Crippen molar-refractivity contribution < 1.29 is 0 Å². The molecule has 0 bridgehead atoms. The topological polar surface area (TPSA) is 0 Å². The van der Waals surface area contributed by atoms with Gasteiger partial charge in [-0.05, 0) is 24.2 Å². The maximum Gasteiger partial charge on any atom is -0.00453 e. The summed E-state index contributed by atoms with van der Waals surface area (Å²) in [7, 11) is 0. The molecule has 3 unspecified atom stereocenters. The zero-order valence-electron chi connectivity index (χ0n) is 9.38. The number of allylic oxidation sites excluding steroid dienone is 4. The van der Waals surface area contributed by atoms with Crippen molar-refractivity contribution in [3.63, 3.8) is 0 Å². The number of hydrogen-bond donors (Lipinski definition) is 0. The molecule has 0 aliphatic heterocycles. The summed E-state index contributed by atoms with van der Waals surface area (Å²) in [6, 6.07) is 0. The maximum absolute atomic E-state index is 2.38. The summed E-state index contributed by atoms with van der Waals surface area (Å²) >= 11 is 0. The first-order valence-electron chi connectivity index (χ1n) is 5.52. The fourth-order valence-corrected chi connectivity index (χ4v) is 1.85. The summed E-state index contributed by atoms with van der Waals surface area (Å²) in [5, 5.41) is 0. The van der Waals surface area contributed by atoms with Gasteiger partial charge in [0.2, 0.25) is 0 Å². The van der Waals surface area contributed by atoms with Crippen LogP contribution in [-0.2, 0) is 0 Å². The zero-order valence-corrected chi connectivity index (χ0v) is 9.38. The molecule has 0 aromatic carbocycles. The molecule has 74 valence electrons. The third-order valence-electron chi connectivity index (χ3n) is 3.47. The van der Waals surface area contributed by atoms with Crippen molar-refractivity contribution in [2.24, 2.45) is 17.8 Å². The van der Waals surface area contributed by atoms with Gasteiger partial charge in [0.05, 0.1) is 0 Å². The second-order valence-electron chi connectivity index (χ2n) is 4.48. The standard InChI is InChI=1S/C13H22/c1-5-10(2)12(4)9-13-8-6-7-11(13)3/h6-8,10-12H,5,9H2,1-4H3. The lowest BCUT2D eigenvalue weighted by Crippen LogP contribution is -2.09. The minimum absolute atomic E-state index is 0.687. The summed E-state index contributed by atoms with van der Waals surface area (Å²) in [6.45, 7) is 9.31. The highest BCUT2D eigenvalue weighted by Gasteiger charge is 2.16. The molecule has 0 aromatic heterocycles. The van der Waals surface area contributed by atoms with Gasteiger partial charge in [-0.25, -0.2) is 0 Å². The smallest absolute Gasteiger partial charge is 0.00453 e. The van der Waals surface area contributed by atoms with E-state index in [1.54, 1.807) is 5.57 Å². The van der Waals surface area contributed by atoms with Crippen LogP contribution in [-0.4, -0.2) is 0 Å². The normalized spacial score (nSPS) is 25.8. The summed E-state index contributed by atoms with van der Waals surface area (Å²) < 4.78 is 0. The van der Waals surface area contributed by atoms with Crippen LogP contribution in [0.5, 0.6) is 0 Å². The lowest BCUT2D eigenvalue weighted by molar-refractivity contribution is 0.369. The molecule has 0 aromatic rings. The van der Waals surface area contributed by atoms with E-state index >= 15 is 0 Å². The Morgan fingerprint density at radius 3 is 2.46 bits per heavy atom. The summed E-state index contributed by atoms with van der Waals surface area (Å²) in [6.07, 6.45) is 9.37. The van der Waals surface area contributed by atoms with Gasteiger partial charge in [-0.15, -0.1) is 0 Å². The van der Waals surface area contributed by atoms with Gasteiger partial charge < -0.3 is 0 Å². The zero-order chi connectivity index (χ0) is 9.84. The van der Waals surface area contributed by atoms with Crippen LogP contribution in [0.25, 0.3) is 0 Å². The molecule has 0 spiro atoms. The lowest BCUT2D eigenvalue weighted by Gasteiger charge is -2.20. The first kappa shape index (κ1) is 10.6. The maximum atomic E-state index is 2.38. The monoisotopic (exact) mass is 178 g/mol. The molecule has 1 aliphatic rings. The van der Waals surface area contributed by atoms with E-state index in [0.29, 0.717) is 5.92 Å². The molecular formula is C13H22. The second kappa shape index (κ2) is 4.64. The Kier molecular flexibility index (Phi) is 3.77. The number of rotatable bonds is 4. The largest absolute Gasteiger partial charge is 0.0776 e. The summed E-state index contributed by atoms with van der Waals surface area (Å²) in [5.41, 5.74) is 1.62. The molecule has 0 heterocycles. The van der Waals surface area contributed by atoms with Crippen molar-refractivity contribution in [3.05, 3.63) is 23.8 Å². The Bertz CT molecular complexity index is 210. The van der Waals surface area contributed by atoms with Crippen molar-refractivity contribution in [1.29, 1.82) is 0 Å². The molecule has 1 aliphatic carbocycles. The van der Waals surface area contributed by atoms with E-state index in [1.807, 2.05) is 0 Å². The van der Waals surface area contributed by atoms with Gasteiger partial charge in [0.1, 0.15) is 0 Å². The molecular weight excluding hydrogens is 156 g/mol. The van der Waals surface area contributed by atoms with Crippen LogP contribution in [0.2, 0.25) is 0 Å². The van der Waals surface area contributed by atoms with Gasteiger partial charge in [0, 0.05) is 0 Å². The van der Waals surface area contributed by atoms with Crippen LogP contribution in [0.3, 0.4) is 0 Å². The Balaban J connectivity index is 2.41. The molecule has 0 heteroatoms. The summed E-state index contributed by atoms with van der Waals surface area (Å²) in [4.78, 5) is 0. The minimum Gasteiger partial charge on any atom is -0.0776 e. The molecule has 0 saturated heterocycles. The molecule has 0 saturated carbocycles.